The van der Waals surface area contributed by atoms with Crippen molar-refractivity contribution < 1.29 is 22.7 Å². The number of sulfonamides is 1. The molecule has 0 bridgehead atoms. The van der Waals surface area contributed by atoms with E-state index in [1.807, 2.05) is 6.92 Å². The van der Waals surface area contributed by atoms with Gasteiger partial charge in [0.2, 0.25) is 10.0 Å². The largest absolute Gasteiger partial charge is 0.455 e. The van der Waals surface area contributed by atoms with Crippen LogP contribution in [0.15, 0.2) is 29.2 Å². The number of hydrogen-bond donors (Lipinski definition) is 2. The average Bonchev–Trinajstić information content (AvgIpc) is 2.62. The van der Waals surface area contributed by atoms with Crippen LogP contribution in [-0.4, -0.2) is 39.5 Å². The summed E-state index contributed by atoms with van der Waals surface area (Å²) in [6, 6.07) is 6.35. The van der Waals surface area contributed by atoms with Crippen LogP contribution in [0.25, 0.3) is 0 Å². The predicted molar refractivity (Wildman–Crippen MR) is 101 cm³/mol. The molecule has 1 aliphatic carbocycles. The molecule has 3 atom stereocenters. The second-order valence-corrected chi connectivity index (χ2v) is 9.01. The van der Waals surface area contributed by atoms with Crippen molar-refractivity contribution in [2.24, 2.45) is 11.8 Å². The lowest BCUT2D eigenvalue weighted by Gasteiger charge is -2.34. The van der Waals surface area contributed by atoms with Gasteiger partial charge >= 0.3 is 5.97 Å². The maximum absolute atomic E-state index is 12.1. The van der Waals surface area contributed by atoms with Gasteiger partial charge < -0.3 is 10.1 Å². The zero-order chi connectivity index (χ0) is 20.0. The van der Waals surface area contributed by atoms with E-state index in [2.05, 4.69) is 23.9 Å². The maximum Gasteiger partial charge on any atom is 0.321 e. The Morgan fingerprint density at radius 1 is 1.15 bits per heavy atom. The van der Waals surface area contributed by atoms with Crippen molar-refractivity contribution in [3.05, 3.63) is 29.8 Å². The van der Waals surface area contributed by atoms with Crippen molar-refractivity contribution >= 4 is 21.9 Å². The molecule has 1 fully saturated rings. The van der Waals surface area contributed by atoms with Crippen LogP contribution in [0.3, 0.4) is 0 Å². The summed E-state index contributed by atoms with van der Waals surface area (Å²) in [7, 11) is -3.80. The topological polar surface area (TPSA) is 102 Å². The van der Waals surface area contributed by atoms with Gasteiger partial charge in [0.1, 0.15) is 6.54 Å². The smallest absolute Gasteiger partial charge is 0.321 e. The molecule has 7 nitrogen and oxygen atoms in total. The van der Waals surface area contributed by atoms with Gasteiger partial charge in [0.05, 0.1) is 4.90 Å². The number of amides is 1. The number of hydrogen-bond acceptors (Lipinski definition) is 5. The molecule has 0 spiro atoms. The molecular weight excluding hydrogens is 368 g/mol. The van der Waals surface area contributed by atoms with E-state index in [0.29, 0.717) is 11.8 Å². The average molecular weight is 397 g/mol. The van der Waals surface area contributed by atoms with Crippen LogP contribution < -0.4 is 10.0 Å². The Labute approximate surface area is 160 Å². The summed E-state index contributed by atoms with van der Waals surface area (Å²) < 4.78 is 31.3. The number of aryl methyl sites for hydroxylation is 1. The molecule has 0 unspecified atom stereocenters. The Balaban J connectivity index is 1.75. The fourth-order valence-electron chi connectivity index (χ4n) is 3.19. The fraction of sp³-hybridized carbons (Fsp3) is 0.579. The Morgan fingerprint density at radius 3 is 2.48 bits per heavy atom. The SMILES string of the molecule is Cc1ccc(S(=O)(=O)NCC(=O)OCC(=O)N[C@H]2CCC[C@H](C)[C@@H]2C)cc1. The van der Waals surface area contributed by atoms with E-state index in [0.717, 1.165) is 24.8 Å². The van der Waals surface area contributed by atoms with Gasteiger partial charge in [-0.2, -0.15) is 4.72 Å². The second kappa shape index (κ2) is 9.32. The summed E-state index contributed by atoms with van der Waals surface area (Å²) >= 11 is 0. The molecular formula is C19H28N2O5S. The minimum absolute atomic E-state index is 0.0686. The molecule has 27 heavy (non-hydrogen) atoms. The molecule has 1 amide bonds. The van der Waals surface area contributed by atoms with Crippen LogP contribution in [0.4, 0.5) is 0 Å². The minimum atomic E-state index is -3.80. The number of rotatable bonds is 7. The quantitative estimate of drug-likeness (QED) is 0.684. The number of benzene rings is 1. The van der Waals surface area contributed by atoms with E-state index in [1.165, 1.54) is 12.1 Å². The molecule has 0 heterocycles. The highest BCUT2D eigenvalue weighted by molar-refractivity contribution is 7.89. The molecule has 0 aliphatic heterocycles. The van der Waals surface area contributed by atoms with Crippen molar-refractivity contribution in [2.45, 2.75) is 51.0 Å². The molecule has 1 aromatic rings. The van der Waals surface area contributed by atoms with Crippen LogP contribution in [0.2, 0.25) is 0 Å². The van der Waals surface area contributed by atoms with Gasteiger partial charge in [-0.25, -0.2) is 8.42 Å². The maximum atomic E-state index is 12.1. The van der Waals surface area contributed by atoms with E-state index in [1.54, 1.807) is 12.1 Å². The summed E-state index contributed by atoms with van der Waals surface area (Å²) in [4.78, 5) is 23.8. The van der Waals surface area contributed by atoms with Crippen molar-refractivity contribution in [1.82, 2.24) is 10.0 Å². The number of ether oxygens (including phenoxy) is 1. The molecule has 0 aromatic heterocycles. The third-order valence-electron chi connectivity index (χ3n) is 5.16. The molecule has 8 heteroatoms. The third-order valence-corrected chi connectivity index (χ3v) is 6.57. The predicted octanol–water partition coefficient (Wildman–Crippen LogP) is 1.76. The van der Waals surface area contributed by atoms with Gasteiger partial charge in [0.15, 0.2) is 6.61 Å². The zero-order valence-electron chi connectivity index (χ0n) is 16.0. The lowest BCUT2D eigenvalue weighted by Crippen LogP contribution is -2.45. The van der Waals surface area contributed by atoms with Crippen LogP contribution in [-0.2, 0) is 24.3 Å². The first kappa shape index (κ1) is 21.4. The van der Waals surface area contributed by atoms with E-state index in [9.17, 15) is 18.0 Å². The molecule has 150 valence electrons. The summed E-state index contributed by atoms with van der Waals surface area (Å²) in [6.07, 6.45) is 3.14. The van der Waals surface area contributed by atoms with E-state index < -0.39 is 29.1 Å². The standard InChI is InChI=1S/C19H28N2O5S/c1-13-7-9-16(10-8-13)27(24,25)20-11-19(23)26-12-18(22)21-17-6-4-5-14(2)15(17)3/h7-10,14-15,17,20H,4-6,11-12H2,1-3H3,(H,21,22)/t14-,15-,17-/m0/s1. The highest BCUT2D eigenvalue weighted by Crippen LogP contribution is 2.29. The van der Waals surface area contributed by atoms with Crippen LogP contribution in [0.5, 0.6) is 0 Å². The van der Waals surface area contributed by atoms with Gasteiger partial charge in [-0.1, -0.05) is 44.4 Å². The first-order valence-electron chi connectivity index (χ1n) is 9.20. The minimum Gasteiger partial charge on any atom is -0.455 e. The normalized spacial score (nSPS) is 22.9. The van der Waals surface area contributed by atoms with Crippen molar-refractivity contribution in [3.8, 4) is 0 Å². The second-order valence-electron chi connectivity index (χ2n) is 7.24. The van der Waals surface area contributed by atoms with Crippen molar-refractivity contribution in [3.63, 3.8) is 0 Å². The monoisotopic (exact) mass is 396 g/mol. The molecule has 1 saturated carbocycles. The van der Waals surface area contributed by atoms with E-state index in [-0.39, 0.29) is 16.8 Å². The number of carbonyl (C=O) groups excluding carboxylic acids is 2. The van der Waals surface area contributed by atoms with Gasteiger partial charge in [-0.15, -0.1) is 0 Å². The first-order chi connectivity index (χ1) is 12.7. The molecule has 2 N–H and O–H groups in total. The van der Waals surface area contributed by atoms with E-state index >= 15 is 0 Å². The summed E-state index contributed by atoms with van der Waals surface area (Å²) in [5, 5.41) is 2.90. The lowest BCUT2D eigenvalue weighted by molar-refractivity contribution is -0.147. The number of esters is 1. The fourth-order valence-corrected chi connectivity index (χ4v) is 4.15. The van der Waals surface area contributed by atoms with Gasteiger partial charge in [-0.05, 0) is 37.3 Å². The van der Waals surface area contributed by atoms with Crippen LogP contribution in [0, 0.1) is 18.8 Å². The molecule has 1 aromatic carbocycles. The van der Waals surface area contributed by atoms with Crippen molar-refractivity contribution in [2.75, 3.05) is 13.2 Å². The summed E-state index contributed by atoms with van der Waals surface area (Å²) in [6.45, 7) is 5.19. The summed E-state index contributed by atoms with van der Waals surface area (Å²) in [5.41, 5.74) is 0.932. The number of carbonyl (C=O) groups is 2. The third kappa shape index (κ3) is 6.32. The Morgan fingerprint density at radius 2 is 1.81 bits per heavy atom. The summed E-state index contributed by atoms with van der Waals surface area (Å²) in [5.74, 6) is -0.246. The van der Waals surface area contributed by atoms with Gasteiger partial charge in [-0.3, -0.25) is 9.59 Å². The Bertz CT molecular complexity index is 761. The Kier molecular flexibility index (Phi) is 7.38. The number of nitrogens with one attached hydrogen (secondary N) is 2. The van der Waals surface area contributed by atoms with Crippen molar-refractivity contribution in [1.29, 1.82) is 0 Å². The molecule has 0 saturated heterocycles. The molecule has 1 aliphatic rings. The lowest BCUT2D eigenvalue weighted by atomic mass is 9.78. The molecule has 0 radical (unpaired) electrons. The van der Waals surface area contributed by atoms with Gasteiger partial charge in [0.25, 0.3) is 5.91 Å². The highest BCUT2D eigenvalue weighted by Gasteiger charge is 2.28. The van der Waals surface area contributed by atoms with Crippen LogP contribution in [0.1, 0.15) is 38.7 Å². The first-order valence-corrected chi connectivity index (χ1v) is 10.7. The van der Waals surface area contributed by atoms with Crippen LogP contribution >= 0.6 is 0 Å². The Hall–Kier alpha value is -1.93. The zero-order valence-corrected chi connectivity index (χ0v) is 16.8. The molecule has 2 rings (SSSR count). The highest BCUT2D eigenvalue weighted by atomic mass is 32.2. The van der Waals surface area contributed by atoms with Gasteiger partial charge in [0, 0.05) is 6.04 Å². The van der Waals surface area contributed by atoms with E-state index in [4.69, 9.17) is 4.74 Å².